The van der Waals surface area contributed by atoms with E-state index in [4.69, 9.17) is 4.74 Å². The van der Waals surface area contributed by atoms with Crippen LogP contribution in [0.3, 0.4) is 0 Å². The number of pyridine rings is 1. The minimum absolute atomic E-state index is 0.214. The van der Waals surface area contributed by atoms with Crippen LogP contribution in [0.25, 0.3) is 0 Å². The van der Waals surface area contributed by atoms with Crippen LogP contribution in [-0.4, -0.2) is 18.6 Å². The van der Waals surface area contributed by atoms with Crippen molar-refractivity contribution in [1.82, 2.24) is 10.3 Å². The fraction of sp³-hybridized carbons (Fsp3) is 0.353. The summed E-state index contributed by atoms with van der Waals surface area (Å²) in [6.45, 7) is 5.13. The molecule has 0 spiro atoms. The third-order valence-corrected chi connectivity index (χ3v) is 3.38. The summed E-state index contributed by atoms with van der Waals surface area (Å²) in [5.41, 5.74) is 3.71. The smallest absolute Gasteiger partial charge is 0.217 e. The molecule has 1 heterocycles. The lowest BCUT2D eigenvalue weighted by atomic mass is 9.99. The van der Waals surface area contributed by atoms with Crippen molar-refractivity contribution in [2.24, 2.45) is 0 Å². The second-order valence-electron chi connectivity index (χ2n) is 4.90. The van der Waals surface area contributed by atoms with E-state index >= 15 is 0 Å². The Hall–Kier alpha value is -1.87. The average Bonchev–Trinajstić information content (AvgIpc) is 2.49. The van der Waals surface area contributed by atoms with Gasteiger partial charge < -0.3 is 10.1 Å². The van der Waals surface area contributed by atoms with Gasteiger partial charge in [0, 0.05) is 17.8 Å². The lowest BCUT2D eigenvalue weighted by molar-refractivity contribution is 0.382. The molecule has 2 aromatic rings. The van der Waals surface area contributed by atoms with E-state index in [-0.39, 0.29) is 6.04 Å². The molecular formula is C17H22N2O. The Bertz CT molecular complexity index is 537. The van der Waals surface area contributed by atoms with Gasteiger partial charge in [-0.3, -0.25) is 0 Å². The van der Waals surface area contributed by atoms with Gasteiger partial charge in [-0.15, -0.1) is 0 Å². The third-order valence-electron chi connectivity index (χ3n) is 3.38. The number of aromatic nitrogens is 1. The van der Waals surface area contributed by atoms with Gasteiger partial charge in [0.1, 0.15) is 0 Å². The maximum absolute atomic E-state index is 5.38. The summed E-state index contributed by atoms with van der Waals surface area (Å²) in [5.74, 6) is 0.700. The minimum atomic E-state index is 0.214. The van der Waals surface area contributed by atoms with Gasteiger partial charge >= 0.3 is 0 Å². The molecule has 0 aliphatic carbocycles. The molecule has 1 unspecified atom stereocenters. The normalized spacial score (nSPS) is 12.2. The van der Waals surface area contributed by atoms with Gasteiger partial charge in [-0.05, 0) is 31.5 Å². The highest BCUT2D eigenvalue weighted by Gasteiger charge is 2.16. The van der Waals surface area contributed by atoms with Crippen molar-refractivity contribution in [3.63, 3.8) is 0 Å². The van der Waals surface area contributed by atoms with Crippen molar-refractivity contribution in [1.29, 1.82) is 0 Å². The maximum Gasteiger partial charge on any atom is 0.217 e. The van der Waals surface area contributed by atoms with Crippen molar-refractivity contribution in [3.8, 4) is 5.88 Å². The molecule has 0 saturated heterocycles. The number of nitrogens with zero attached hydrogens (tertiary/aromatic N) is 1. The highest BCUT2D eigenvalue weighted by atomic mass is 16.5. The molecule has 0 radical (unpaired) electrons. The molecule has 0 amide bonds. The molecule has 0 bridgehead atoms. The fourth-order valence-corrected chi connectivity index (χ4v) is 2.34. The van der Waals surface area contributed by atoms with Crippen LogP contribution in [0.15, 0.2) is 42.6 Å². The molecule has 0 saturated carbocycles. The van der Waals surface area contributed by atoms with Gasteiger partial charge in [-0.1, -0.05) is 42.8 Å². The monoisotopic (exact) mass is 270 g/mol. The van der Waals surface area contributed by atoms with Crippen molar-refractivity contribution in [3.05, 3.63) is 59.3 Å². The van der Waals surface area contributed by atoms with Crippen molar-refractivity contribution in [2.75, 3.05) is 13.7 Å². The van der Waals surface area contributed by atoms with E-state index in [9.17, 15) is 0 Å². The highest BCUT2D eigenvalue weighted by molar-refractivity contribution is 5.31. The standard InChI is InChI=1S/C17H22N2O/c1-4-18-16(12-14-9-7-13(2)8-10-14)15-6-5-11-19-17(15)20-3/h5-11,16,18H,4,12H2,1-3H3. The van der Waals surface area contributed by atoms with Gasteiger partial charge in [0.2, 0.25) is 5.88 Å². The first kappa shape index (κ1) is 14.5. The fourth-order valence-electron chi connectivity index (χ4n) is 2.34. The molecule has 1 aromatic heterocycles. The minimum Gasteiger partial charge on any atom is -0.481 e. The van der Waals surface area contributed by atoms with E-state index in [2.05, 4.69) is 54.5 Å². The molecular weight excluding hydrogens is 248 g/mol. The Morgan fingerprint density at radius 1 is 1.20 bits per heavy atom. The quantitative estimate of drug-likeness (QED) is 0.874. The number of nitrogens with one attached hydrogen (secondary N) is 1. The number of likely N-dealkylation sites (N-methyl/N-ethyl adjacent to an activating group) is 1. The zero-order chi connectivity index (χ0) is 14.4. The van der Waals surface area contributed by atoms with Crippen molar-refractivity contribution in [2.45, 2.75) is 26.3 Å². The van der Waals surface area contributed by atoms with E-state index in [1.54, 1.807) is 13.3 Å². The summed E-state index contributed by atoms with van der Waals surface area (Å²) in [5, 5.41) is 3.52. The first-order chi connectivity index (χ1) is 9.74. The average molecular weight is 270 g/mol. The molecule has 1 aromatic carbocycles. The Kier molecular flexibility index (Phi) is 5.13. The molecule has 2 rings (SSSR count). The van der Waals surface area contributed by atoms with Crippen molar-refractivity contribution >= 4 is 0 Å². The van der Waals surface area contributed by atoms with Gasteiger partial charge in [0.05, 0.1) is 7.11 Å². The van der Waals surface area contributed by atoms with E-state index in [0.717, 1.165) is 18.5 Å². The zero-order valence-corrected chi connectivity index (χ0v) is 12.4. The van der Waals surface area contributed by atoms with Crippen LogP contribution in [0.2, 0.25) is 0 Å². The predicted octanol–water partition coefficient (Wildman–Crippen LogP) is 3.29. The van der Waals surface area contributed by atoms with Gasteiger partial charge in [-0.25, -0.2) is 4.98 Å². The van der Waals surface area contributed by atoms with Gasteiger partial charge in [0.15, 0.2) is 0 Å². The number of hydrogen-bond donors (Lipinski definition) is 1. The molecule has 106 valence electrons. The highest BCUT2D eigenvalue weighted by Crippen LogP contribution is 2.25. The van der Waals surface area contributed by atoms with Crippen LogP contribution in [0, 0.1) is 6.92 Å². The number of rotatable bonds is 6. The maximum atomic E-state index is 5.38. The topological polar surface area (TPSA) is 34.2 Å². The molecule has 1 N–H and O–H groups in total. The van der Waals surface area contributed by atoms with Crippen LogP contribution in [0.4, 0.5) is 0 Å². The molecule has 0 fully saturated rings. The molecule has 3 nitrogen and oxygen atoms in total. The SMILES string of the molecule is CCNC(Cc1ccc(C)cc1)c1cccnc1OC. The zero-order valence-electron chi connectivity index (χ0n) is 12.4. The van der Waals surface area contributed by atoms with E-state index < -0.39 is 0 Å². The summed E-state index contributed by atoms with van der Waals surface area (Å²) in [7, 11) is 1.67. The lowest BCUT2D eigenvalue weighted by Crippen LogP contribution is -2.23. The molecule has 20 heavy (non-hydrogen) atoms. The predicted molar refractivity (Wildman–Crippen MR) is 82.1 cm³/mol. The Morgan fingerprint density at radius 2 is 1.95 bits per heavy atom. The van der Waals surface area contributed by atoms with Gasteiger partial charge in [-0.2, -0.15) is 0 Å². The molecule has 0 aliphatic heterocycles. The second kappa shape index (κ2) is 7.06. The Morgan fingerprint density at radius 3 is 2.60 bits per heavy atom. The number of aryl methyl sites for hydroxylation is 1. The van der Waals surface area contributed by atoms with Crippen LogP contribution >= 0.6 is 0 Å². The summed E-state index contributed by atoms with van der Waals surface area (Å²) in [6.07, 6.45) is 2.69. The summed E-state index contributed by atoms with van der Waals surface area (Å²) in [6, 6.07) is 12.9. The van der Waals surface area contributed by atoms with E-state index in [0.29, 0.717) is 5.88 Å². The first-order valence-corrected chi connectivity index (χ1v) is 7.02. The molecule has 1 atom stereocenters. The number of ether oxygens (including phenoxy) is 1. The van der Waals surface area contributed by atoms with E-state index in [1.165, 1.54) is 11.1 Å². The number of methoxy groups -OCH3 is 1. The Labute approximate surface area is 121 Å². The van der Waals surface area contributed by atoms with Gasteiger partial charge in [0.25, 0.3) is 0 Å². The number of hydrogen-bond acceptors (Lipinski definition) is 3. The van der Waals surface area contributed by atoms with Crippen LogP contribution in [0.5, 0.6) is 5.88 Å². The second-order valence-corrected chi connectivity index (χ2v) is 4.90. The van der Waals surface area contributed by atoms with Crippen LogP contribution < -0.4 is 10.1 Å². The molecule has 3 heteroatoms. The van der Waals surface area contributed by atoms with Crippen LogP contribution in [0.1, 0.15) is 29.7 Å². The number of benzene rings is 1. The summed E-state index contributed by atoms with van der Waals surface area (Å²) < 4.78 is 5.38. The van der Waals surface area contributed by atoms with Crippen molar-refractivity contribution < 1.29 is 4.74 Å². The summed E-state index contributed by atoms with van der Waals surface area (Å²) in [4.78, 5) is 4.29. The third kappa shape index (κ3) is 3.58. The van der Waals surface area contributed by atoms with E-state index in [1.807, 2.05) is 6.07 Å². The molecule has 0 aliphatic rings. The largest absolute Gasteiger partial charge is 0.481 e. The Balaban J connectivity index is 2.24. The first-order valence-electron chi connectivity index (χ1n) is 7.02. The lowest BCUT2D eigenvalue weighted by Gasteiger charge is -2.20. The summed E-state index contributed by atoms with van der Waals surface area (Å²) >= 11 is 0. The van der Waals surface area contributed by atoms with Crippen LogP contribution in [-0.2, 0) is 6.42 Å².